The summed E-state index contributed by atoms with van der Waals surface area (Å²) in [5.74, 6) is 0.368. The normalized spacial score (nSPS) is 14.0. The van der Waals surface area contributed by atoms with Crippen LogP contribution in [0.15, 0.2) is 82.3 Å². The first-order chi connectivity index (χ1) is 14.9. The molecular weight excluding hydrogens is 436 g/mol. The van der Waals surface area contributed by atoms with Gasteiger partial charge in [-0.3, -0.25) is 4.79 Å². The van der Waals surface area contributed by atoms with E-state index in [-0.39, 0.29) is 29.9 Å². The molecule has 0 atom stereocenters. The Morgan fingerprint density at radius 1 is 0.968 bits per heavy atom. The van der Waals surface area contributed by atoms with E-state index in [0.717, 1.165) is 18.4 Å². The summed E-state index contributed by atoms with van der Waals surface area (Å²) in [6.45, 7) is 0.406. The topological polar surface area (TPSA) is 70.8 Å². The summed E-state index contributed by atoms with van der Waals surface area (Å²) < 4.78 is 33.2. The molecule has 162 valence electrons. The summed E-state index contributed by atoms with van der Waals surface area (Å²) in [6.07, 6.45) is 3.05. The van der Waals surface area contributed by atoms with Gasteiger partial charge >= 0.3 is 0 Å². The number of carbonyl (C=O) groups excluding carboxylic acids is 1. The van der Waals surface area contributed by atoms with E-state index in [0.29, 0.717) is 17.3 Å². The molecule has 0 aliphatic heterocycles. The van der Waals surface area contributed by atoms with E-state index >= 15 is 0 Å². The van der Waals surface area contributed by atoms with Gasteiger partial charge in [0.05, 0.1) is 24.2 Å². The Hall–Kier alpha value is -2.61. The van der Waals surface area contributed by atoms with Gasteiger partial charge in [0.2, 0.25) is 15.9 Å². The third-order valence-corrected chi connectivity index (χ3v) is 7.33. The summed E-state index contributed by atoms with van der Waals surface area (Å²) in [5.41, 5.74) is 0.959. The first-order valence-electron chi connectivity index (χ1n) is 10.0. The highest BCUT2D eigenvalue weighted by Crippen LogP contribution is 2.32. The Balaban J connectivity index is 1.57. The average molecular weight is 459 g/mol. The van der Waals surface area contributed by atoms with Gasteiger partial charge in [0, 0.05) is 17.6 Å². The van der Waals surface area contributed by atoms with Gasteiger partial charge in [-0.2, -0.15) is 4.31 Å². The second kappa shape index (κ2) is 9.26. The Kier molecular flexibility index (Phi) is 6.46. The lowest BCUT2D eigenvalue weighted by Gasteiger charge is -2.27. The number of halogens is 1. The molecular formula is C23H23ClN2O4S. The number of nitrogens with zero attached hydrogens (tertiary/aromatic N) is 2. The Morgan fingerprint density at radius 2 is 1.68 bits per heavy atom. The summed E-state index contributed by atoms with van der Waals surface area (Å²) in [5, 5.41) is 0.459. The number of hydrogen-bond acceptors (Lipinski definition) is 4. The first-order valence-corrected chi connectivity index (χ1v) is 11.9. The van der Waals surface area contributed by atoms with Gasteiger partial charge < -0.3 is 9.32 Å². The monoisotopic (exact) mass is 458 g/mol. The molecule has 1 amide bonds. The van der Waals surface area contributed by atoms with Gasteiger partial charge in [0.25, 0.3) is 0 Å². The molecule has 1 aromatic heterocycles. The van der Waals surface area contributed by atoms with Gasteiger partial charge in [-0.05, 0) is 54.8 Å². The Labute approximate surface area is 187 Å². The van der Waals surface area contributed by atoms with Crippen LogP contribution in [0.25, 0.3) is 0 Å². The lowest BCUT2D eigenvalue weighted by Crippen LogP contribution is -2.43. The van der Waals surface area contributed by atoms with Crippen LogP contribution in [0.5, 0.6) is 0 Å². The summed E-state index contributed by atoms with van der Waals surface area (Å²) in [7, 11) is -3.81. The fourth-order valence-electron chi connectivity index (χ4n) is 3.37. The molecule has 0 bridgehead atoms. The predicted molar refractivity (Wildman–Crippen MR) is 118 cm³/mol. The molecule has 0 unspecified atom stereocenters. The van der Waals surface area contributed by atoms with Crippen molar-refractivity contribution in [3.63, 3.8) is 0 Å². The minimum absolute atomic E-state index is 0.136. The van der Waals surface area contributed by atoms with E-state index in [2.05, 4.69) is 0 Å². The van der Waals surface area contributed by atoms with Gasteiger partial charge in [-0.15, -0.1) is 0 Å². The third kappa shape index (κ3) is 5.36. The van der Waals surface area contributed by atoms with Crippen molar-refractivity contribution in [3.8, 4) is 0 Å². The zero-order chi connectivity index (χ0) is 21.8. The largest absolute Gasteiger partial charge is 0.467 e. The molecule has 1 heterocycles. The molecule has 2 aromatic carbocycles. The van der Waals surface area contributed by atoms with Crippen LogP contribution in [0.4, 0.5) is 0 Å². The average Bonchev–Trinajstić information content (AvgIpc) is 3.47. The molecule has 1 aliphatic rings. The van der Waals surface area contributed by atoms with Crippen molar-refractivity contribution in [2.45, 2.75) is 36.9 Å². The molecule has 8 heteroatoms. The van der Waals surface area contributed by atoms with Gasteiger partial charge in [0.1, 0.15) is 5.76 Å². The van der Waals surface area contributed by atoms with Crippen LogP contribution in [0.2, 0.25) is 5.02 Å². The van der Waals surface area contributed by atoms with Crippen molar-refractivity contribution in [1.29, 1.82) is 0 Å². The maximum absolute atomic E-state index is 13.3. The van der Waals surface area contributed by atoms with Crippen LogP contribution in [0, 0.1) is 0 Å². The minimum Gasteiger partial charge on any atom is -0.467 e. The summed E-state index contributed by atoms with van der Waals surface area (Å²) in [6, 6.07) is 19.0. The molecule has 0 saturated heterocycles. The molecule has 6 nitrogen and oxygen atoms in total. The van der Waals surface area contributed by atoms with E-state index in [1.54, 1.807) is 35.4 Å². The van der Waals surface area contributed by atoms with E-state index in [1.165, 1.54) is 16.4 Å². The number of benzene rings is 2. The Morgan fingerprint density at radius 3 is 2.29 bits per heavy atom. The molecule has 0 radical (unpaired) electrons. The number of amides is 1. The molecule has 1 saturated carbocycles. The fraction of sp³-hybridized carbons (Fsp3) is 0.261. The highest BCUT2D eigenvalue weighted by atomic mass is 35.5. The first kappa shape index (κ1) is 21.6. The molecule has 0 spiro atoms. The maximum Gasteiger partial charge on any atom is 0.243 e. The van der Waals surface area contributed by atoms with Crippen molar-refractivity contribution >= 4 is 27.5 Å². The SMILES string of the molecule is O=C(CN(C1CC1)S(=O)(=O)c1ccc(Cl)cc1)N(Cc1ccccc1)Cc1ccco1. The number of rotatable bonds is 9. The Bertz CT molecular complexity index is 1110. The summed E-state index contributed by atoms with van der Waals surface area (Å²) >= 11 is 5.91. The molecule has 4 rings (SSSR count). The van der Waals surface area contributed by atoms with Crippen LogP contribution >= 0.6 is 11.6 Å². The lowest BCUT2D eigenvalue weighted by atomic mass is 10.2. The number of furan rings is 1. The highest BCUT2D eigenvalue weighted by Gasteiger charge is 2.40. The van der Waals surface area contributed by atoms with Gasteiger partial charge in [-0.25, -0.2) is 8.42 Å². The number of sulfonamides is 1. The third-order valence-electron chi connectivity index (χ3n) is 5.16. The quantitative estimate of drug-likeness (QED) is 0.479. The molecule has 0 N–H and O–H groups in total. The second-order valence-corrected chi connectivity index (χ2v) is 9.88. The lowest BCUT2D eigenvalue weighted by molar-refractivity contribution is -0.133. The molecule has 31 heavy (non-hydrogen) atoms. The fourth-order valence-corrected chi connectivity index (χ4v) is 5.14. The van der Waals surface area contributed by atoms with Gasteiger partial charge in [-0.1, -0.05) is 41.9 Å². The van der Waals surface area contributed by atoms with Crippen LogP contribution in [-0.4, -0.2) is 36.1 Å². The van der Waals surface area contributed by atoms with E-state index in [1.807, 2.05) is 30.3 Å². The predicted octanol–water partition coefficient (Wildman–Crippen LogP) is 4.32. The van der Waals surface area contributed by atoms with E-state index < -0.39 is 10.0 Å². The van der Waals surface area contributed by atoms with Crippen molar-refractivity contribution in [2.24, 2.45) is 0 Å². The minimum atomic E-state index is -3.81. The van der Waals surface area contributed by atoms with Crippen LogP contribution in [-0.2, 0) is 27.9 Å². The number of carbonyl (C=O) groups is 1. The standard InChI is InChI=1S/C23H23ClN2O4S/c24-19-8-12-22(13-9-19)31(28,29)26(20-10-11-20)17-23(27)25(16-21-7-4-14-30-21)15-18-5-2-1-3-6-18/h1-9,12-14,20H,10-11,15-17H2. The molecule has 1 fully saturated rings. The van der Waals surface area contributed by atoms with Crippen molar-refractivity contribution in [1.82, 2.24) is 9.21 Å². The summed E-state index contributed by atoms with van der Waals surface area (Å²) in [4.78, 5) is 15.1. The van der Waals surface area contributed by atoms with Gasteiger partial charge in [0.15, 0.2) is 0 Å². The zero-order valence-corrected chi connectivity index (χ0v) is 18.4. The van der Waals surface area contributed by atoms with Crippen LogP contribution in [0.1, 0.15) is 24.2 Å². The van der Waals surface area contributed by atoms with Crippen molar-refractivity contribution < 1.29 is 17.6 Å². The van der Waals surface area contributed by atoms with Crippen LogP contribution in [0.3, 0.4) is 0 Å². The van der Waals surface area contributed by atoms with Crippen LogP contribution < -0.4 is 0 Å². The zero-order valence-electron chi connectivity index (χ0n) is 16.9. The van der Waals surface area contributed by atoms with E-state index in [9.17, 15) is 13.2 Å². The second-order valence-electron chi connectivity index (χ2n) is 7.55. The smallest absolute Gasteiger partial charge is 0.243 e. The highest BCUT2D eigenvalue weighted by molar-refractivity contribution is 7.89. The number of hydrogen-bond donors (Lipinski definition) is 0. The van der Waals surface area contributed by atoms with Crippen molar-refractivity contribution in [3.05, 3.63) is 89.3 Å². The molecule has 1 aliphatic carbocycles. The van der Waals surface area contributed by atoms with Crippen molar-refractivity contribution in [2.75, 3.05) is 6.54 Å². The molecule has 3 aromatic rings. The maximum atomic E-state index is 13.3. The van der Waals surface area contributed by atoms with E-state index in [4.69, 9.17) is 16.0 Å².